The van der Waals surface area contributed by atoms with E-state index in [1.807, 2.05) is 37.3 Å². The average Bonchev–Trinajstić information content (AvgIpc) is 2.95. The van der Waals surface area contributed by atoms with E-state index in [0.29, 0.717) is 11.3 Å². The summed E-state index contributed by atoms with van der Waals surface area (Å²) in [5.74, 6) is -0.651. The van der Waals surface area contributed by atoms with Gasteiger partial charge in [-0.25, -0.2) is 0 Å². The van der Waals surface area contributed by atoms with E-state index in [0.717, 1.165) is 24.8 Å². The van der Waals surface area contributed by atoms with Crippen molar-refractivity contribution in [1.82, 2.24) is 4.98 Å². The van der Waals surface area contributed by atoms with Gasteiger partial charge in [-0.3, -0.25) is 9.59 Å². The minimum Gasteiger partial charge on any atom is -0.481 e. The van der Waals surface area contributed by atoms with Crippen LogP contribution in [-0.2, 0) is 10.2 Å². The summed E-state index contributed by atoms with van der Waals surface area (Å²) in [4.78, 5) is 27.3. The Hall–Kier alpha value is -2.36. The molecule has 120 valence electrons. The fourth-order valence-electron chi connectivity index (χ4n) is 3.36. The number of aromatic nitrogens is 1. The van der Waals surface area contributed by atoms with Gasteiger partial charge in [-0.1, -0.05) is 36.8 Å². The molecule has 4 heteroatoms. The highest BCUT2D eigenvalue weighted by Gasteiger charge is 2.38. The molecule has 1 aliphatic rings. The van der Waals surface area contributed by atoms with Gasteiger partial charge in [0.05, 0.1) is 6.42 Å². The molecule has 0 spiro atoms. The number of carbonyl (C=O) groups is 2. The van der Waals surface area contributed by atoms with Gasteiger partial charge in [0, 0.05) is 28.8 Å². The third kappa shape index (κ3) is 2.81. The smallest absolute Gasteiger partial charge is 0.304 e. The molecule has 0 saturated heterocycles. The largest absolute Gasteiger partial charge is 0.481 e. The molecule has 23 heavy (non-hydrogen) atoms. The van der Waals surface area contributed by atoms with Crippen molar-refractivity contribution < 1.29 is 14.7 Å². The van der Waals surface area contributed by atoms with Crippen LogP contribution >= 0.6 is 0 Å². The zero-order valence-electron chi connectivity index (χ0n) is 13.2. The molecule has 4 nitrogen and oxygen atoms in total. The Labute approximate surface area is 135 Å². The lowest BCUT2D eigenvalue weighted by atomic mass is 9.72. The molecule has 1 unspecified atom stereocenters. The lowest BCUT2D eigenvalue weighted by molar-refractivity contribution is -0.138. The number of hydrogen-bond donors (Lipinski definition) is 2. The molecule has 1 aromatic carbocycles. The fraction of sp³-hybridized carbons (Fsp3) is 0.368. The maximum absolute atomic E-state index is 12.7. The van der Waals surface area contributed by atoms with E-state index in [2.05, 4.69) is 4.98 Å². The molecule has 1 aliphatic carbocycles. The normalized spacial score (nSPS) is 17.3. The molecule has 1 aromatic heterocycles. The van der Waals surface area contributed by atoms with Crippen LogP contribution in [0.1, 0.15) is 54.2 Å². The first-order valence-corrected chi connectivity index (χ1v) is 8.02. The Morgan fingerprint density at radius 1 is 1.22 bits per heavy atom. The summed E-state index contributed by atoms with van der Waals surface area (Å²) >= 11 is 0. The van der Waals surface area contributed by atoms with Crippen molar-refractivity contribution in [2.75, 3.05) is 0 Å². The van der Waals surface area contributed by atoms with Gasteiger partial charge in [-0.15, -0.1) is 0 Å². The average molecular weight is 311 g/mol. The van der Waals surface area contributed by atoms with Gasteiger partial charge in [-0.2, -0.15) is 0 Å². The number of rotatable bonds is 6. The van der Waals surface area contributed by atoms with Crippen molar-refractivity contribution in [3.05, 3.63) is 59.4 Å². The van der Waals surface area contributed by atoms with Crippen molar-refractivity contribution in [3.63, 3.8) is 0 Å². The second kappa shape index (κ2) is 6.03. The highest BCUT2D eigenvalue weighted by Crippen LogP contribution is 2.39. The van der Waals surface area contributed by atoms with E-state index >= 15 is 0 Å². The molecule has 1 saturated carbocycles. The Morgan fingerprint density at radius 2 is 1.91 bits per heavy atom. The molecular formula is C19H21NO3. The molecule has 0 aliphatic heterocycles. The Bertz CT molecular complexity index is 715. The Kier molecular flexibility index (Phi) is 4.07. The second-order valence-corrected chi connectivity index (χ2v) is 6.53. The van der Waals surface area contributed by atoms with Crippen LogP contribution < -0.4 is 0 Å². The summed E-state index contributed by atoms with van der Waals surface area (Å²) in [6.07, 6.45) is 4.64. The van der Waals surface area contributed by atoms with Gasteiger partial charge in [-0.05, 0) is 31.4 Å². The third-order valence-corrected chi connectivity index (χ3v) is 4.96. The summed E-state index contributed by atoms with van der Waals surface area (Å²) in [6, 6.07) is 11.3. The van der Waals surface area contributed by atoms with Crippen molar-refractivity contribution >= 4 is 11.8 Å². The van der Waals surface area contributed by atoms with Gasteiger partial charge in [0.1, 0.15) is 0 Å². The fourth-order valence-corrected chi connectivity index (χ4v) is 3.36. The van der Waals surface area contributed by atoms with E-state index in [1.54, 1.807) is 12.3 Å². The number of hydrogen-bond acceptors (Lipinski definition) is 2. The number of carboxylic acid groups (broad SMARTS) is 1. The van der Waals surface area contributed by atoms with E-state index < -0.39 is 11.4 Å². The Morgan fingerprint density at radius 3 is 2.48 bits per heavy atom. The molecule has 1 atom stereocenters. The van der Waals surface area contributed by atoms with Crippen molar-refractivity contribution in [3.8, 4) is 0 Å². The first-order chi connectivity index (χ1) is 11.0. The third-order valence-electron chi connectivity index (χ3n) is 4.96. The van der Waals surface area contributed by atoms with E-state index in [1.165, 1.54) is 0 Å². The number of ketones is 1. The number of Topliss-reactive ketones (excluding diaryl/α,β-unsaturated/α-hetero) is 1. The Balaban J connectivity index is 2.06. The maximum atomic E-state index is 12.7. The predicted octanol–water partition coefficient (Wildman–Crippen LogP) is 3.78. The summed E-state index contributed by atoms with van der Waals surface area (Å²) in [5.41, 5.74) is 1.49. The topological polar surface area (TPSA) is 70.2 Å². The summed E-state index contributed by atoms with van der Waals surface area (Å²) in [7, 11) is 0. The maximum Gasteiger partial charge on any atom is 0.304 e. The van der Waals surface area contributed by atoms with Crippen LogP contribution in [-0.4, -0.2) is 21.8 Å². The lowest BCUT2D eigenvalue weighted by Crippen LogP contribution is -2.31. The minimum absolute atomic E-state index is 0.0670. The van der Waals surface area contributed by atoms with Crippen LogP contribution in [0.2, 0.25) is 0 Å². The van der Waals surface area contributed by atoms with E-state index in [-0.39, 0.29) is 18.1 Å². The first kappa shape index (κ1) is 15.5. The quantitative estimate of drug-likeness (QED) is 0.798. The molecule has 0 radical (unpaired) electrons. The van der Waals surface area contributed by atoms with Crippen molar-refractivity contribution in [1.29, 1.82) is 0 Å². The summed E-state index contributed by atoms with van der Waals surface area (Å²) < 4.78 is 0. The molecule has 2 N–H and O–H groups in total. The van der Waals surface area contributed by atoms with Gasteiger partial charge in [0.2, 0.25) is 0 Å². The monoisotopic (exact) mass is 311 g/mol. The molecule has 3 rings (SSSR count). The molecule has 1 fully saturated rings. The van der Waals surface area contributed by atoms with E-state index in [9.17, 15) is 14.7 Å². The van der Waals surface area contributed by atoms with E-state index in [4.69, 9.17) is 0 Å². The first-order valence-electron chi connectivity index (χ1n) is 8.02. The minimum atomic E-state index is -0.881. The number of H-pyrrole nitrogens is 1. The highest BCUT2D eigenvalue weighted by atomic mass is 16.4. The van der Waals surface area contributed by atoms with Gasteiger partial charge in [0.25, 0.3) is 0 Å². The molecule has 0 amide bonds. The number of aliphatic carboxylic acids is 1. The van der Waals surface area contributed by atoms with Crippen LogP contribution in [0.15, 0.2) is 42.6 Å². The highest BCUT2D eigenvalue weighted by molar-refractivity contribution is 6.00. The number of aromatic amines is 1. The van der Waals surface area contributed by atoms with Crippen LogP contribution in [0, 0.1) is 5.92 Å². The number of carboxylic acids is 1. The predicted molar refractivity (Wildman–Crippen MR) is 87.6 cm³/mol. The van der Waals surface area contributed by atoms with Crippen LogP contribution in [0.3, 0.4) is 0 Å². The van der Waals surface area contributed by atoms with Gasteiger partial charge in [0.15, 0.2) is 5.78 Å². The van der Waals surface area contributed by atoms with Crippen molar-refractivity contribution in [2.24, 2.45) is 5.92 Å². The lowest BCUT2D eigenvalue weighted by Gasteiger charge is -2.31. The zero-order valence-corrected chi connectivity index (χ0v) is 13.2. The number of carbonyl (C=O) groups excluding carboxylic acids is 1. The summed E-state index contributed by atoms with van der Waals surface area (Å²) in [6.45, 7) is 1.89. The van der Waals surface area contributed by atoms with Gasteiger partial charge < -0.3 is 10.1 Å². The summed E-state index contributed by atoms with van der Waals surface area (Å²) in [5, 5.41) is 9.41. The SMILES string of the molecule is CC(CC(=O)O)(c1ccccc1)c1[nH]ccc1C(=O)C1CCC1. The number of nitrogens with one attached hydrogen (secondary N) is 1. The zero-order chi connectivity index (χ0) is 16.4. The van der Waals surface area contributed by atoms with Gasteiger partial charge >= 0.3 is 5.97 Å². The molecule has 2 aromatic rings. The number of benzene rings is 1. The molecule has 1 heterocycles. The second-order valence-electron chi connectivity index (χ2n) is 6.53. The molecular weight excluding hydrogens is 290 g/mol. The van der Waals surface area contributed by atoms with Crippen LogP contribution in [0.4, 0.5) is 0 Å². The standard InChI is InChI=1S/C19H21NO3/c1-19(12-16(21)22,14-8-3-2-4-9-14)18-15(10-11-20-18)17(23)13-6-5-7-13/h2-4,8-11,13,20H,5-7,12H2,1H3,(H,21,22). The van der Waals surface area contributed by atoms with Crippen molar-refractivity contribution in [2.45, 2.75) is 38.0 Å². The van der Waals surface area contributed by atoms with Crippen LogP contribution in [0.25, 0.3) is 0 Å². The molecule has 0 bridgehead atoms. The van der Waals surface area contributed by atoms with Crippen LogP contribution in [0.5, 0.6) is 0 Å².